The van der Waals surface area contributed by atoms with Gasteiger partial charge in [0.05, 0.1) is 11.6 Å². The molecule has 0 saturated heterocycles. The van der Waals surface area contributed by atoms with E-state index >= 15 is 0 Å². The molecular formula is C11H14FNO. The van der Waals surface area contributed by atoms with Gasteiger partial charge in [0.1, 0.15) is 5.82 Å². The van der Waals surface area contributed by atoms with Gasteiger partial charge in [-0.25, -0.2) is 4.39 Å². The first-order valence-corrected chi connectivity index (χ1v) is 4.82. The molecule has 0 bridgehead atoms. The second kappa shape index (κ2) is 3.24. The zero-order valence-corrected chi connectivity index (χ0v) is 8.13. The molecule has 76 valence electrons. The van der Waals surface area contributed by atoms with Gasteiger partial charge in [-0.05, 0) is 44.0 Å². The smallest absolute Gasteiger partial charge is 0.123 e. The Bertz CT molecular complexity index is 321. The van der Waals surface area contributed by atoms with E-state index < -0.39 is 5.60 Å². The number of benzene rings is 1. The van der Waals surface area contributed by atoms with E-state index in [1.54, 1.807) is 12.1 Å². The van der Waals surface area contributed by atoms with Crippen molar-refractivity contribution in [1.29, 1.82) is 0 Å². The molecule has 1 aliphatic carbocycles. The summed E-state index contributed by atoms with van der Waals surface area (Å²) in [6.07, 6.45) is 1.79. The highest BCUT2D eigenvalue weighted by molar-refractivity contribution is 5.45. The van der Waals surface area contributed by atoms with Crippen molar-refractivity contribution in [2.24, 2.45) is 0 Å². The Morgan fingerprint density at radius 1 is 1.43 bits per heavy atom. The molecule has 1 aromatic rings. The summed E-state index contributed by atoms with van der Waals surface area (Å²) in [4.78, 5) is 0. The third-order valence-electron chi connectivity index (χ3n) is 2.87. The monoisotopic (exact) mass is 195 g/mol. The topological polar surface area (TPSA) is 32.3 Å². The van der Waals surface area contributed by atoms with E-state index in [9.17, 15) is 9.50 Å². The van der Waals surface area contributed by atoms with Crippen molar-refractivity contribution in [3.63, 3.8) is 0 Å². The Morgan fingerprint density at radius 2 is 2.07 bits per heavy atom. The molecule has 3 heteroatoms. The number of rotatable bonds is 2. The largest absolute Gasteiger partial charge is 0.388 e. The van der Waals surface area contributed by atoms with Crippen LogP contribution in [-0.2, 0) is 0 Å². The molecule has 2 N–H and O–H groups in total. The van der Waals surface area contributed by atoms with Crippen molar-refractivity contribution in [2.45, 2.75) is 31.4 Å². The second-order valence-corrected chi connectivity index (χ2v) is 4.10. The van der Waals surface area contributed by atoms with Crippen molar-refractivity contribution < 1.29 is 9.50 Å². The van der Waals surface area contributed by atoms with Crippen molar-refractivity contribution in [3.05, 3.63) is 30.1 Å². The van der Waals surface area contributed by atoms with E-state index in [4.69, 9.17) is 0 Å². The predicted octanol–water partition coefficient (Wildman–Crippen LogP) is 2.15. The average molecular weight is 195 g/mol. The fourth-order valence-corrected chi connectivity index (χ4v) is 1.68. The normalized spacial score (nSPS) is 30.9. The van der Waals surface area contributed by atoms with Crippen LogP contribution in [0, 0.1) is 5.82 Å². The van der Waals surface area contributed by atoms with Gasteiger partial charge in [0, 0.05) is 5.69 Å². The summed E-state index contributed by atoms with van der Waals surface area (Å²) in [5.41, 5.74) is 0.241. The summed E-state index contributed by atoms with van der Waals surface area (Å²) in [5, 5.41) is 12.9. The van der Waals surface area contributed by atoms with Gasteiger partial charge >= 0.3 is 0 Å². The Morgan fingerprint density at radius 3 is 2.50 bits per heavy atom. The minimum absolute atomic E-state index is 0.0907. The van der Waals surface area contributed by atoms with E-state index in [1.807, 2.05) is 6.92 Å². The zero-order chi connectivity index (χ0) is 10.2. The third-order valence-corrected chi connectivity index (χ3v) is 2.87. The van der Waals surface area contributed by atoms with Gasteiger partial charge in [-0.15, -0.1) is 0 Å². The van der Waals surface area contributed by atoms with Crippen molar-refractivity contribution in [2.75, 3.05) is 5.32 Å². The van der Waals surface area contributed by atoms with E-state index in [0.717, 1.165) is 18.5 Å². The highest BCUT2D eigenvalue weighted by Crippen LogP contribution is 2.33. The maximum Gasteiger partial charge on any atom is 0.123 e. The lowest BCUT2D eigenvalue weighted by Gasteiger charge is -2.43. The highest BCUT2D eigenvalue weighted by Gasteiger charge is 2.40. The molecule has 1 aliphatic rings. The lowest BCUT2D eigenvalue weighted by atomic mass is 9.76. The van der Waals surface area contributed by atoms with Crippen LogP contribution in [0.1, 0.15) is 19.8 Å². The molecule has 0 amide bonds. The third kappa shape index (κ3) is 1.73. The summed E-state index contributed by atoms with van der Waals surface area (Å²) in [7, 11) is 0. The van der Waals surface area contributed by atoms with Gasteiger partial charge in [-0.3, -0.25) is 0 Å². The van der Waals surface area contributed by atoms with Crippen LogP contribution in [0.3, 0.4) is 0 Å². The van der Waals surface area contributed by atoms with Crippen LogP contribution in [0.25, 0.3) is 0 Å². The number of aliphatic hydroxyl groups is 1. The first-order chi connectivity index (χ1) is 6.58. The van der Waals surface area contributed by atoms with Crippen LogP contribution >= 0.6 is 0 Å². The molecule has 2 nitrogen and oxygen atoms in total. The number of nitrogens with one attached hydrogen (secondary N) is 1. The fourth-order valence-electron chi connectivity index (χ4n) is 1.68. The van der Waals surface area contributed by atoms with Crippen LogP contribution in [-0.4, -0.2) is 16.7 Å². The average Bonchev–Trinajstić information content (AvgIpc) is 2.15. The van der Waals surface area contributed by atoms with E-state index in [2.05, 4.69) is 5.32 Å². The number of hydrogen-bond acceptors (Lipinski definition) is 2. The Labute approximate surface area is 82.8 Å². The van der Waals surface area contributed by atoms with Crippen LogP contribution < -0.4 is 5.32 Å². The van der Waals surface area contributed by atoms with E-state index in [1.165, 1.54) is 12.1 Å². The van der Waals surface area contributed by atoms with Crippen LogP contribution in [0.4, 0.5) is 10.1 Å². The molecule has 1 fully saturated rings. The first kappa shape index (κ1) is 9.46. The Hall–Kier alpha value is -1.09. The maximum absolute atomic E-state index is 12.6. The SMILES string of the molecule is C[C@]1(O)CC[C@@H]1Nc1ccc(F)cc1. The van der Waals surface area contributed by atoms with Gasteiger partial charge in [-0.1, -0.05) is 0 Å². The zero-order valence-electron chi connectivity index (χ0n) is 8.13. The maximum atomic E-state index is 12.6. The molecule has 0 radical (unpaired) electrons. The number of hydrogen-bond donors (Lipinski definition) is 2. The Kier molecular flexibility index (Phi) is 2.19. The van der Waals surface area contributed by atoms with E-state index in [0.29, 0.717) is 0 Å². The number of anilines is 1. The first-order valence-electron chi connectivity index (χ1n) is 4.82. The molecule has 0 unspecified atom stereocenters. The summed E-state index contributed by atoms with van der Waals surface area (Å²) in [6, 6.07) is 6.28. The van der Waals surface area contributed by atoms with Crippen LogP contribution in [0.15, 0.2) is 24.3 Å². The van der Waals surface area contributed by atoms with E-state index in [-0.39, 0.29) is 11.9 Å². The van der Waals surface area contributed by atoms with Crippen LogP contribution in [0.2, 0.25) is 0 Å². The predicted molar refractivity (Wildman–Crippen MR) is 53.7 cm³/mol. The molecule has 1 aromatic carbocycles. The summed E-state index contributed by atoms with van der Waals surface area (Å²) < 4.78 is 12.6. The molecule has 0 aromatic heterocycles. The molecule has 14 heavy (non-hydrogen) atoms. The van der Waals surface area contributed by atoms with Gasteiger partial charge < -0.3 is 10.4 Å². The number of halogens is 1. The Balaban J connectivity index is 2.01. The van der Waals surface area contributed by atoms with Crippen LogP contribution in [0.5, 0.6) is 0 Å². The van der Waals surface area contributed by atoms with Crippen molar-refractivity contribution in [3.8, 4) is 0 Å². The van der Waals surface area contributed by atoms with Gasteiger partial charge in [0.25, 0.3) is 0 Å². The molecular weight excluding hydrogens is 181 g/mol. The van der Waals surface area contributed by atoms with Crippen molar-refractivity contribution >= 4 is 5.69 Å². The second-order valence-electron chi connectivity index (χ2n) is 4.10. The summed E-state index contributed by atoms with van der Waals surface area (Å²) >= 11 is 0. The lowest BCUT2D eigenvalue weighted by Crippen LogP contribution is -2.53. The quantitative estimate of drug-likeness (QED) is 0.757. The van der Waals surface area contributed by atoms with Crippen molar-refractivity contribution in [1.82, 2.24) is 0 Å². The minimum atomic E-state index is -0.617. The highest BCUT2D eigenvalue weighted by atomic mass is 19.1. The lowest BCUT2D eigenvalue weighted by molar-refractivity contribution is -0.0286. The minimum Gasteiger partial charge on any atom is -0.388 e. The standard InChI is InChI=1S/C11H14FNO/c1-11(14)7-6-10(11)13-9-4-2-8(12)3-5-9/h2-5,10,13-14H,6-7H2,1H3/t10-,11-/m0/s1. The van der Waals surface area contributed by atoms with Gasteiger partial charge in [-0.2, -0.15) is 0 Å². The molecule has 2 atom stereocenters. The fraction of sp³-hybridized carbons (Fsp3) is 0.455. The van der Waals surface area contributed by atoms with Gasteiger partial charge in [0.2, 0.25) is 0 Å². The molecule has 0 spiro atoms. The molecule has 1 saturated carbocycles. The summed E-state index contributed by atoms with van der Waals surface area (Å²) in [6.45, 7) is 1.82. The van der Waals surface area contributed by atoms with Gasteiger partial charge in [0.15, 0.2) is 0 Å². The molecule has 2 rings (SSSR count). The molecule has 0 heterocycles. The molecule has 0 aliphatic heterocycles. The summed E-state index contributed by atoms with van der Waals surface area (Å²) in [5.74, 6) is -0.240.